The van der Waals surface area contributed by atoms with Crippen molar-refractivity contribution in [1.82, 2.24) is 0 Å². The van der Waals surface area contributed by atoms with E-state index in [0.29, 0.717) is 17.4 Å². The summed E-state index contributed by atoms with van der Waals surface area (Å²) in [5, 5.41) is 11.9. The molecule has 0 aromatic heterocycles. The number of unbranched alkanes of at least 4 members (excludes halogenated alkanes) is 49. The number of likely N-dealkylation sites (N-methyl/N-ethyl adjacent to an activating group) is 1. The number of carbonyl (C=O) groups is 3. The van der Waals surface area contributed by atoms with Crippen LogP contribution in [0, 0.1) is 0 Å². The zero-order valence-corrected chi connectivity index (χ0v) is 61.0. The number of carboxylic acid groups (broad SMARTS) is 1. The summed E-state index contributed by atoms with van der Waals surface area (Å²) in [6, 6.07) is 0. The molecule has 0 spiro atoms. The Balaban J connectivity index is 3.99. The second-order valence-corrected chi connectivity index (χ2v) is 28.0. The van der Waals surface area contributed by atoms with Gasteiger partial charge in [0.25, 0.3) is 0 Å². The number of carboxylic acids is 1. The summed E-state index contributed by atoms with van der Waals surface area (Å²) in [6.07, 6.45) is 93.4. The monoisotopic (exact) mass is 1280 g/mol. The standard InChI is InChI=1S/C82H151NO8/c1-6-8-10-12-14-16-18-20-22-24-26-28-30-32-34-36-37-38-39-40-41-42-43-45-47-49-51-53-55-57-59-61-63-65-67-69-71-73-80(85)91-78(77-90-82(81(86)87)88-75-74-83(3,4)5)76-89-79(84)72-70-68-66-64-62-60-58-56-54-52-50-48-46-44-35-33-31-29-27-25-23-21-19-17-15-13-11-9-7-2/h18-21,24-27,30,32,78,82H,6-17,22-23,28-29,31,33-77H2,1-5H3/b20-18-,21-19-,26-24-,27-25-,32-30-. The van der Waals surface area contributed by atoms with Crippen LogP contribution in [0.3, 0.4) is 0 Å². The van der Waals surface area contributed by atoms with Gasteiger partial charge in [-0.3, -0.25) is 9.59 Å². The van der Waals surface area contributed by atoms with Crippen LogP contribution >= 0.6 is 0 Å². The molecule has 2 atom stereocenters. The van der Waals surface area contributed by atoms with Crippen molar-refractivity contribution in [2.45, 2.75) is 399 Å². The molecule has 0 amide bonds. The first kappa shape index (κ1) is 88.0. The molecule has 0 aromatic carbocycles. The van der Waals surface area contributed by atoms with Crippen LogP contribution in [0.2, 0.25) is 0 Å². The first-order chi connectivity index (χ1) is 44.6. The topological polar surface area (TPSA) is 111 Å². The predicted molar refractivity (Wildman–Crippen MR) is 389 cm³/mol. The van der Waals surface area contributed by atoms with Gasteiger partial charge in [-0.25, -0.2) is 0 Å². The molecule has 0 heterocycles. The first-order valence-electron chi connectivity index (χ1n) is 39.4. The van der Waals surface area contributed by atoms with Gasteiger partial charge in [-0.15, -0.1) is 0 Å². The summed E-state index contributed by atoms with van der Waals surface area (Å²) >= 11 is 0. The van der Waals surface area contributed by atoms with Gasteiger partial charge in [-0.1, -0.05) is 351 Å². The van der Waals surface area contributed by atoms with E-state index < -0.39 is 24.3 Å². The molecule has 9 heteroatoms. The maximum absolute atomic E-state index is 13.0. The van der Waals surface area contributed by atoms with E-state index >= 15 is 0 Å². The van der Waals surface area contributed by atoms with E-state index in [4.69, 9.17) is 18.9 Å². The van der Waals surface area contributed by atoms with Crippen molar-refractivity contribution in [3.8, 4) is 0 Å². The van der Waals surface area contributed by atoms with Gasteiger partial charge in [-0.2, -0.15) is 0 Å². The lowest BCUT2D eigenvalue weighted by Crippen LogP contribution is -2.44. The van der Waals surface area contributed by atoms with Crippen molar-refractivity contribution < 1.29 is 42.9 Å². The van der Waals surface area contributed by atoms with Crippen LogP contribution in [0.4, 0.5) is 0 Å². The molecular formula is C82H151NO8. The lowest BCUT2D eigenvalue weighted by molar-refractivity contribution is -0.870. The highest BCUT2D eigenvalue weighted by Crippen LogP contribution is 2.19. The minimum Gasteiger partial charge on any atom is -0.545 e. The number of rotatable bonds is 74. The third kappa shape index (κ3) is 74.3. The van der Waals surface area contributed by atoms with Crippen molar-refractivity contribution in [3.05, 3.63) is 60.8 Å². The third-order valence-electron chi connectivity index (χ3n) is 17.7. The molecule has 0 aliphatic carbocycles. The second kappa shape index (κ2) is 72.8. The number of allylic oxidation sites excluding steroid dienone is 10. The van der Waals surface area contributed by atoms with Crippen molar-refractivity contribution in [1.29, 1.82) is 0 Å². The number of ether oxygens (including phenoxy) is 4. The van der Waals surface area contributed by atoms with Gasteiger partial charge in [0.2, 0.25) is 0 Å². The maximum atomic E-state index is 13.0. The average molecular weight is 1280 g/mol. The number of esters is 2. The van der Waals surface area contributed by atoms with Gasteiger partial charge in [0, 0.05) is 12.8 Å². The van der Waals surface area contributed by atoms with Crippen molar-refractivity contribution in [3.63, 3.8) is 0 Å². The fourth-order valence-electron chi connectivity index (χ4n) is 11.7. The SMILES string of the molecule is CCCCCCC/C=C\C/C=C\C/C=C\CCCCCCCCCCCCCCCCCCCCCCCCC(=O)OC(COC(=O)CCCCCCCCCCCCCCCCCCC/C=C\C/C=C\CCCCCCC)COC(OCC[N+](C)(C)C)C(=O)[O-]. The summed E-state index contributed by atoms with van der Waals surface area (Å²) in [5.41, 5.74) is 0. The van der Waals surface area contributed by atoms with Crippen molar-refractivity contribution in [2.24, 2.45) is 0 Å². The Hall–Kier alpha value is -3.01. The molecule has 0 rings (SSSR count). The lowest BCUT2D eigenvalue weighted by Gasteiger charge is -2.26. The molecule has 0 bridgehead atoms. The molecule has 9 nitrogen and oxygen atoms in total. The summed E-state index contributed by atoms with van der Waals surface area (Å²) in [4.78, 5) is 37.6. The molecule has 2 unspecified atom stereocenters. The third-order valence-corrected chi connectivity index (χ3v) is 17.7. The van der Waals surface area contributed by atoms with Crippen molar-refractivity contribution >= 4 is 17.9 Å². The highest BCUT2D eigenvalue weighted by Gasteiger charge is 2.22. The van der Waals surface area contributed by atoms with Gasteiger partial charge >= 0.3 is 11.9 Å². The van der Waals surface area contributed by atoms with Crippen LogP contribution in [0.1, 0.15) is 386 Å². The molecule has 532 valence electrons. The van der Waals surface area contributed by atoms with Gasteiger partial charge in [0.1, 0.15) is 13.2 Å². The minimum atomic E-state index is -1.62. The Labute approximate surface area is 565 Å². The van der Waals surface area contributed by atoms with Crippen LogP contribution in [-0.2, 0) is 33.3 Å². The van der Waals surface area contributed by atoms with E-state index in [0.717, 1.165) is 57.8 Å². The molecular weight excluding hydrogens is 1130 g/mol. The second-order valence-electron chi connectivity index (χ2n) is 28.0. The number of hydrogen-bond donors (Lipinski definition) is 0. The van der Waals surface area contributed by atoms with E-state index in [1.165, 1.54) is 302 Å². The predicted octanol–water partition coefficient (Wildman–Crippen LogP) is 23.7. The summed E-state index contributed by atoms with van der Waals surface area (Å²) in [5.74, 6) is -2.26. The normalized spacial score (nSPS) is 12.9. The van der Waals surface area contributed by atoms with Gasteiger partial charge in [0.05, 0.1) is 40.3 Å². The molecule has 0 fully saturated rings. The fraction of sp³-hybridized carbons (Fsp3) is 0.841. The number of carbonyl (C=O) groups excluding carboxylic acids is 3. The molecule has 0 radical (unpaired) electrons. The molecule has 0 saturated heterocycles. The smallest absolute Gasteiger partial charge is 0.306 e. The van der Waals surface area contributed by atoms with Crippen LogP contribution < -0.4 is 5.11 Å². The molecule has 0 aromatic rings. The van der Waals surface area contributed by atoms with Crippen LogP contribution in [-0.4, -0.2) is 82.3 Å². The summed E-state index contributed by atoms with van der Waals surface area (Å²) in [6.45, 7) is 4.79. The van der Waals surface area contributed by atoms with Crippen molar-refractivity contribution in [2.75, 3.05) is 47.5 Å². The van der Waals surface area contributed by atoms with Crippen LogP contribution in [0.5, 0.6) is 0 Å². The Morgan fingerprint density at radius 1 is 0.330 bits per heavy atom. The zero-order valence-electron chi connectivity index (χ0n) is 61.0. The molecule has 0 aliphatic heterocycles. The Kier molecular flexibility index (Phi) is 70.4. The molecule has 0 saturated carbocycles. The summed E-state index contributed by atoms with van der Waals surface area (Å²) < 4.78 is 22.9. The zero-order chi connectivity index (χ0) is 66.1. The van der Waals surface area contributed by atoms with E-state index in [1.807, 2.05) is 21.1 Å². The average Bonchev–Trinajstić information content (AvgIpc) is 3.50. The molecule has 91 heavy (non-hydrogen) atoms. The van der Waals surface area contributed by atoms with Gasteiger partial charge in [-0.05, 0) is 83.5 Å². The van der Waals surface area contributed by atoms with Crippen LogP contribution in [0.15, 0.2) is 60.8 Å². The molecule has 0 N–H and O–H groups in total. The first-order valence-corrected chi connectivity index (χ1v) is 39.4. The fourth-order valence-corrected chi connectivity index (χ4v) is 11.7. The van der Waals surface area contributed by atoms with Gasteiger partial charge in [0.15, 0.2) is 12.4 Å². The number of nitrogens with zero attached hydrogens (tertiary/aromatic N) is 1. The van der Waals surface area contributed by atoms with Gasteiger partial charge < -0.3 is 33.3 Å². The number of hydrogen-bond acceptors (Lipinski definition) is 8. The Morgan fingerprint density at radius 2 is 0.593 bits per heavy atom. The summed E-state index contributed by atoms with van der Waals surface area (Å²) in [7, 11) is 5.95. The largest absolute Gasteiger partial charge is 0.545 e. The van der Waals surface area contributed by atoms with E-state index in [-0.39, 0.29) is 32.2 Å². The highest BCUT2D eigenvalue weighted by molar-refractivity contribution is 5.70. The lowest BCUT2D eigenvalue weighted by atomic mass is 10.0. The quantitative estimate of drug-likeness (QED) is 0.0195. The Morgan fingerprint density at radius 3 is 0.879 bits per heavy atom. The number of quaternary nitrogens is 1. The van der Waals surface area contributed by atoms with E-state index in [2.05, 4.69) is 74.6 Å². The van der Waals surface area contributed by atoms with E-state index in [9.17, 15) is 19.5 Å². The molecule has 0 aliphatic rings. The highest BCUT2D eigenvalue weighted by atomic mass is 16.7. The number of aliphatic carboxylic acids is 1. The minimum absolute atomic E-state index is 0.149. The van der Waals surface area contributed by atoms with E-state index in [1.54, 1.807) is 0 Å². The maximum Gasteiger partial charge on any atom is 0.306 e. The van der Waals surface area contributed by atoms with Crippen LogP contribution in [0.25, 0.3) is 0 Å². The Bertz CT molecular complexity index is 1680.